The molecule has 0 atom stereocenters. The Balaban J connectivity index is 2.21. The Hall–Kier alpha value is -1.26. The van der Waals surface area contributed by atoms with Crippen molar-refractivity contribution in [2.24, 2.45) is 5.92 Å². The fourth-order valence-corrected chi connectivity index (χ4v) is 1.36. The van der Waals surface area contributed by atoms with E-state index < -0.39 is 6.09 Å². The van der Waals surface area contributed by atoms with Gasteiger partial charge in [-0.2, -0.15) is 0 Å². The molecule has 1 N–H and O–H groups in total. The largest absolute Gasteiger partial charge is 0.465 e. The predicted octanol–water partition coefficient (Wildman–Crippen LogP) is 0.0745. The van der Waals surface area contributed by atoms with Gasteiger partial charge in [0.25, 0.3) is 0 Å². The minimum Gasteiger partial charge on any atom is -0.465 e. The van der Waals surface area contributed by atoms with Crippen molar-refractivity contribution in [1.29, 1.82) is 0 Å². The Bertz CT molecular complexity index is 223. The summed E-state index contributed by atoms with van der Waals surface area (Å²) in [4.78, 5) is 24.2. The van der Waals surface area contributed by atoms with Crippen molar-refractivity contribution in [3.05, 3.63) is 0 Å². The third kappa shape index (κ3) is 2.34. The fraction of sp³-hybridized carbons (Fsp3) is 0.750. The molecule has 0 aromatic rings. The fourth-order valence-electron chi connectivity index (χ4n) is 1.36. The van der Waals surface area contributed by atoms with Crippen molar-refractivity contribution < 1.29 is 14.7 Å². The van der Waals surface area contributed by atoms with Crippen LogP contribution in [0.4, 0.5) is 4.79 Å². The minimum absolute atomic E-state index is 0.0220. The molecule has 0 spiro atoms. The molecular formula is C8H14N2O3. The molecule has 74 valence electrons. The molecule has 0 unspecified atom stereocenters. The van der Waals surface area contributed by atoms with E-state index in [0.717, 1.165) is 0 Å². The van der Waals surface area contributed by atoms with Gasteiger partial charge >= 0.3 is 6.09 Å². The van der Waals surface area contributed by atoms with Gasteiger partial charge in [0.15, 0.2) is 0 Å². The molecule has 13 heavy (non-hydrogen) atoms. The monoisotopic (exact) mass is 186 g/mol. The highest BCUT2D eigenvalue weighted by Crippen LogP contribution is 2.15. The summed E-state index contributed by atoms with van der Waals surface area (Å²) in [6, 6.07) is 0. The summed E-state index contributed by atoms with van der Waals surface area (Å²) in [5.74, 6) is 0.332. The molecule has 5 nitrogen and oxygen atoms in total. The summed E-state index contributed by atoms with van der Waals surface area (Å²) in [6.07, 6.45) is -0.873. The highest BCUT2D eigenvalue weighted by atomic mass is 16.4. The SMILES string of the molecule is CC(=O)N(C)CC1CN(C(=O)O)C1. The molecule has 1 heterocycles. The van der Waals surface area contributed by atoms with E-state index in [9.17, 15) is 9.59 Å². The number of amides is 2. The molecule has 0 bridgehead atoms. The molecule has 2 amide bonds. The molecular weight excluding hydrogens is 172 g/mol. The van der Waals surface area contributed by atoms with Crippen LogP contribution in [0.2, 0.25) is 0 Å². The number of likely N-dealkylation sites (tertiary alicyclic amines) is 1. The van der Waals surface area contributed by atoms with Crippen LogP contribution in [0.1, 0.15) is 6.92 Å². The van der Waals surface area contributed by atoms with Gasteiger partial charge in [-0.15, -0.1) is 0 Å². The Morgan fingerprint density at radius 3 is 2.46 bits per heavy atom. The van der Waals surface area contributed by atoms with E-state index in [2.05, 4.69) is 0 Å². The zero-order valence-corrected chi connectivity index (χ0v) is 7.86. The van der Waals surface area contributed by atoms with Crippen LogP contribution < -0.4 is 0 Å². The van der Waals surface area contributed by atoms with Gasteiger partial charge in [-0.25, -0.2) is 4.79 Å². The zero-order chi connectivity index (χ0) is 10.0. The lowest BCUT2D eigenvalue weighted by atomic mass is 10.0. The molecule has 0 aromatic carbocycles. The topological polar surface area (TPSA) is 60.9 Å². The Morgan fingerprint density at radius 1 is 1.54 bits per heavy atom. The van der Waals surface area contributed by atoms with Crippen LogP contribution in [-0.4, -0.2) is 53.6 Å². The van der Waals surface area contributed by atoms with Crippen molar-refractivity contribution in [2.45, 2.75) is 6.92 Å². The first kappa shape index (κ1) is 9.83. The van der Waals surface area contributed by atoms with E-state index in [1.165, 1.54) is 11.8 Å². The zero-order valence-electron chi connectivity index (χ0n) is 7.86. The number of hydrogen-bond acceptors (Lipinski definition) is 2. The molecule has 1 rings (SSSR count). The number of rotatable bonds is 2. The van der Waals surface area contributed by atoms with E-state index in [4.69, 9.17) is 5.11 Å². The van der Waals surface area contributed by atoms with Crippen LogP contribution in [0.25, 0.3) is 0 Å². The molecule has 0 saturated carbocycles. The van der Waals surface area contributed by atoms with Gasteiger partial charge < -0.3 is 14.9 Å². The number of carboxylic acid groups (broad SMARTS) is 1. The lowest BCUT2D eigenvalue weighted by Gasteiger charge is -2.38. The summed E-state index contributed by atoms with van der Waals surface area (Å²) < 4.78 is 0. The summed E-state index contributed by atoms with van der Waals surface area (Å²) in [7, 11) is 1.73. The number of nitrogens with zero attached hydrogens (tertiary/aromatic N) is 2. The van der Waals surface area contributed by atoms with Gasteiger partial charge in [-0.05, 0) is 0 Å². The molecule has 5 heteroatoms. The molecule has 0 radical (unpaired) electrons. The van der Waals surface area contributed by atoms with Gasteiger partial charge in [-0.1, -0.05) is 0 Å². The van der Waals surface area contributed by atoms with Crippen molar-refractivity contribution >= 4 is 12.0 Å². The van der Waals surface area contributed by atoms with Crippen molar-refractivity contribution in [2.75, 3.05) is 26.7 Å². The average Bonchev–Trinajstić information content (AvgIpc) is 1.94. The van der Waals surface area contributed by atoms with Crippen LogP contribution in [-0.2, 0) is 4.79 Å². The Morgan fingerprint density at radius 2 is 2.08 bits per heavy atom. The maximum atomic E-state index is 10.8. The first-order valence-corrected chi connectivity index (χ1v) is 4.20. The summed E-state index contributed by atoms with van der Waals surface area (Å²) in [5, 5.41) is 8.54. The van der Waals surface area contributed by atoms with Crippen molar-refractivity contribution in [1.82, 2.24) is 9.80 Å². The Kier molecular flexibility index (Phi) is 2.75. The second-order valence-corrected chi connectivity index (χ2v) is 3.45. The van der Waals surface area contributed by atoms with Crippen molar-refractivity contribution in [3.8, 4) is 0 Å². The summed E-state index contributed by atoms with van der Waals surface area (Å²) >= 11 is 0. The van der Waals surface area contributed by atoms with E-state index in [0.29, 0.717) is 25.6 Å². The maximum absolute atomic E-state index is 10.8. The number of carbonyl (C=O) groups is 2. The van der Waals surface area contributed by atoms with Gasteiger partial charge in [0.1, 0.15) is 0 Å². The molecule has 1 aliphatic rings. The van der Waals surface area contributed by atoms with Crippen molar-refractivity contribution in [3.63, 3.8) is 0 Å². The van der Waals surface area contributed by atoms with Crippen LogP contribution in [0, 0.1) is 5.92 Å². The third-order valence-corrected chi connectivity index (χ3v) is 2.30. The van der Waals surface area contributed by atoms with E-state index in [1.54, 1.807) is 11.9 Å². The highest BCUT2D eigenvalue weighted by molar-refractivity contribution is 5.73. The second-order valence-electron chi connectivity index (χ2n) is 3.45. The van der Waals surface area contributed by atoms with E-state index in [-0.39, 0.29) is 5.91 Å². The van der Waals surface area contributed by atoms with Crippen LogP contribution in [0.3, 0.4) is 0 Å². The van der Waals surface area contributed by atoms with Gasteiger partial charge in [0.2, 0.25) is 5.91 Å². The number of hydrogen-bond donors (Lipinski definition) is 1. The Labute approximate surface area is 76.9 Å². The molecule has 1 fully saturated rings. The smallest absolute Gasteiger partial charge is 0.407 e. The molecule has 0 aliphatic carbocycles. The molecule has 1 aliphatic heterocycles. The minimum atomic E-state index is -0.873. The predicted molar refractivity (Wildman–Crippen MR) is 46.4 cm³/mol. The first-order valence-electron chi connectivity index (χ1n) is 4.20. The van der Waals surface area contributed by atoms with Gasteiger partial charge in [0, 0.05) is 39.5 Å². The second kappa shape index (κ2) is 3.64. The normalized spacial score (nSPS) is 16.6. The van der Waals surface area contributed by atoms with Crippen LogP contribution in [0.5, 0.6) is 0 Å². The lowest BCUT2D eigenvalue weighted by Crippen LogP contribution is -2.53. The highest BCUT2D eigenvalue weighted by Gasteiger charge is 2.31. The quantitative estimate of drug-likeness (QED) is 0.664. The van der Waals surface area contributed by atoms with Crippen LogP contribution in [0.15, 0.2) is 0 Å². The maximum Gasteiger partial charge on any atom is 0.407 e. The van der Waals surface area contributed by atoms with Gasteiger partial charge in [-0.3, -0.25) is 4.79 Å². The van der Waals surface area contributed by atoms with Crippen LogP contribution >= 0.6 is 0 Å². The summed E-state index contributed by atoms with van der Waals surface area (Å²) in [5.41, 5.74) is 0. The molecule has 0 aromatic heterocycles. The standard InChI is InChI=1S/C8H14N2O3/c1-6(11)9(2)3-7-4-10(5-7)8(12)13/h7H,3-5H2,1-2H3,(H,12,13). The van der Waals surface area contributed by atoms with E-state index >= 15 is 0 Å². The lowest BCUT2D eigenvalue weighted by molar-refractivity contribution is -0.128. The molecule has 1 saturated heterocycles. The van der Waals surface area contributed by atoms with E-state index in [1.807, 2.05) is 0 Å². The average molecular weight is 186 g/mol. The first-order chi connectivity index (χ1) is 6.00. The third-order valence-electron chi connectivity index (χ3n) is 2.30. The summed E-state index contributed by atoms with van der Waals surface area (Å²) in [6.45, 7) is 3.26. The number of carbonyl (C=O) groups excluding carboxylic acids is 1. The van der Waals surface area contributed by atoms with Gasteiger partial charge in [0.05, 0.1) is 0 Å².